The summed E-state index contributed by atoms with van der Waals surface area (Å²) in [5, 5.41) is 6.81. The van der Waals surface area contributed by atoms with Gasteiger partial charge in [0, 0.05) is 46.5 Å². The molecular weight excluding hydrogens is 356 g/mol. The van der Waals surface area contributed by atoms with Gasteiger partial charge in [-0.25, -0.2) is 8.78 Å². The molecule has 0 spiro atoms. The predicted octanol–water partition coefficient (Wildman–Crippen LogP) is 3.14. The Hall–Kier alpha value is -1.50. The second-order valence-electron chi connectivity index (χ2n) is 6.51. The molecule has 7 heteroatoms. The molecule has 0 heterocycles. The lowest BCUT2D eigenvalue weighted by molar-refractivity contribution is 0.413. The number of halogens is 2. The van der Waals surface area contributed by atoms with Crippen LogP contribution >= 0.6 is 0 Å². The molecule has 1 fully saturated rings. The molecule has 0 saturated heterocycles. The van der Waals surface area contributed by atoms with Crippen LogP contribution in [0.4, 0.5) is 8.78 Å². The zero-order valence-electron chi connectivity index (χ0n) is 15.6. The van der Waals surface area contributed by atoms with Gasteiger partial charge in [-0.3, -0.25) is 9.20 Å². The minimum Gasteiger partial charge on any atom is -0.357 e. The van der Waals surface area contributed by atoms with Gasteiger partial charge in [-0.05, 0) is 44.7 Å². The number of hydrogen-bond donors (Lipinski definition) is 2. The van der Waals surface area contributed by atoms with Crippen LogP contribution < -0.4 is 10.6 Å². The molecule has 0 amide bonds. The van der Waals surface area contributed by atoms with Crippen molar-refractivity contribution in [2.24, 2.45) is 4.99 Å². The number of guanidine groups is 1. The summed E-state index contributed by atoms with van der Waals surface area (Å²) < 4.78 is 39.5. The first-order chi connectivity index (χ1) is 12.5. The highest BCUT2D eigenvalue weighted by atomic mass is 32.2. The molecule has 1 aromatic rings. The van der Waals surface area contributed by atoms with Crippen LogP contribution in [0.25, 0.3) is 0 Å². The monoisotopic (exact) mass is 385 g/mol. The molecule has 146 valence electrons. The van der Waals surface area contributed by atoms with Gasteiger partial charge in [-0.15, -0.1) is 0 Å². The average molecular weight is 386 g/mol. The third-order valence-corrected chi connectivity index (χ3v) is 6.40. The van der Waals surface area contributed by atoms with Gasteiger partial charge in [-0.2, -0.15) is 0 Å². The van der Waals surface area contributed by atoms with Crippen LogP contribution in [0.1, 0.15) is 45.1 Å². The van der Waals surface area contributed by atoms with Crippen LogP contribution in [-0.4, -0.2) is 40.3 Å². The maximum Gasteiger partial charge on any atom is 0.191 e. The highest BCUT2D eigenvalue weighted by molar-refractivity contribution is 7.85. The maximum absolute atomic E-state index is 13.7. The van der Waals surface area contributed by atoms with Crippen molar-refractivity contribution in [1.29, 1.82) is 0 Å². The van der Waals surface area contributed by atoms with E-state index in [1.54, 1.807) is 0 Å². The first-order valence-corrected chi connectivity index (χ1v) is 10.8. The number of benzene rings is 1. The quantitative estimate of drug-likeness (QED) is 0.560. The lowest BCUT2D eigenvalue weighted by Crippen LogP contribution is -2.46. The Balaban J connectivity index is 1.95. The molecule has 2 rings (SSSR count). The molecule has 0 bridgehead atoms. The van der Waals surface area contributed by atoms with Crippen LogP contribution in [0, 0.1) is 11.6 Å². The van der Waals surface area contributed by atoms with Crippen LogP contribution in [0.3, 0.4) is 0 Å². The lowest BCUT2D eigenvalue weighted by atomic mass is 9.95. The first kappa shape index (κ1) is 20.8. The van der Waals surface area contributed by atoms with E-state index < -0.39 is 22.4 Å². The van der Waals surface area contributed by atoms with Crippen LogP contribution in [0.2, 0.25) is 0 Å². The molecule has 0 radical (unpaired) electrons. The van der Waals surface area contributed by atoms with E-state index >= 15 is 0 Å². The summed E-state index contributed by atoms with van der Waals surface area (Å²) in [7, 11) is -0.772. The minimum absolute atomic E-state index is 0.0724. The molecule has 26 heavy (non-hydrogen) atoms. The molecular formula is C19H29F2N3OS. The first-order valence-electron chi connectivity index (χ1n) is 9.40. The van der Waals surface area contributed by atoms with E-state index in [-0.39, 0.29) is 23.3 Å². The normalized spacial score (nSPS) is 22.1. The Kier molecular flexibility index (Phi) is 8.48. The summed E-state index contributed by atoms with van der Waals surface area (Å²) in [5.74, 6) is 0.280. The maximum atomic E-state index is 13.7. The van der Waals surface area contributed by atoms with Gasteiger partial charge in [0.05, 0.1) is 0 Å². The summed E-state index contributed by atoms with van der Waals surface area (Å²) >= 11 is 0. The molecule has 4 nitrogen and oxygen atoms in total. The Labute approximate surface area is 157 Å². The van der Waals surface area contributed by atoms with Crippen LogP contribution in [0.15, 0.2) is 23.2 Å². The van der Waals surface area contributed by atoms with Crippen molar-refractivity contribution in [3.05, 3.63) is 35.4 Å². The fourth-order valence-corrected chi connectivity index (χ4v) is 4.66. The largest absolute Gasteiger partial charge is 0.357 e. The zero-order valence-corrected chi connectivity index (χ0v) is 16.4. The van der Waals surface area contributed by atoms with Crippen molar-refractivity contribution in [3.63, 3.8) is 0 Å². The van der Waals surface area contributed by atoms with Gasteiger partial charge in [0.1, 0.15) is 11.6 Å². The van der Waals surface area contributed by atoms with E-state index in [9.17, 15) is 13.0 Å². The van der Waals surface area contributed by atoms with Gasteiger partial charge in [0.2, 0.25) is 0 Å². The summed E-state index contributed by atoms with van der Waals surface area (Å²) in [6.07, 6.45) is 4.16. The Morgan fingerprint density at radius 2 is 2.00 bits per heavy atom. The summed E-state index contributed by atoms with van der Waals surface area (Å²) in [5.41, 5.74) is 0.0724. The molecule has 3 atom stereocenters. The van der Waals surface area contributed by atoms with Crippen molar-refractivity contribution in [1.82, 2.24) is 10.6 Å². The molecule has 1 saturated carbocycles. The number of aliphatic imine (C=N–C) groups is 1. The average Bonchev–Trinajstić information content (AvgIpc) is 2.64. The van der Waals surface area contributed by atoms with Crippen molar-refractivity contribution < 1.29 is 13.0 Å². The van der Waals surface area contributed by atoms with Crippen molar-refractivity contribution >= 4 is 16.8 Å². The lowest BCUT2D eigenvalue weighted by Gasteiger charge is -2.30. The summed E-state index contributed by atoms with van der Waals surface area (Å²) in [6, 6.07) is 4.12. The van der Waals surface area contributed by atoms with Gasteiger partial charge >= 0.3 is 0 Å². The van der Waals surface area contributed by atoms with Gasteiger partial charge in [0.25, 0.3) is 0 Å². The summed E-state index contributed by atoms with van der Waals surface area (Å²) in [4.78, 5) is 4.46. The van der Waals surface area contributed by atoms with E-state index in [4.69, 9.17) is 0 Å². The molecule has 0 aliphatic heterocycles. The third kappa shape index (κ3) is 6.04. The van der Waals surface area contributed by atoms with Crippen LogP contribution in [0.5, 0.6) is 0 Å². The molecule has 1 aromatic carbocycles. The minimum atomic E-state index is -0.772. The van der Waals surface area contributed by atoms with E-state index in [0.717, 1.165) is 25.7 Å². The van der Waals surface area contributed by atoms with Crippen molar-refractivity contribution in [3.8, 4) is 0 Å². The van der Waals surface area contributed by atoms with Crippen molar-refractivity contribution in [2.45, 2.75) is 57.2 Å². The highest BCUT2D eigenvalue weighted by Gasteiger charge is 2.26. The summed E-state index contributed by atoms with van der Waals surface area (Å²) in [6.45, 7) is 4.94. The van der Waals surface area contributed by atoms with E-state index in [1.165, 1.54) is 18.2 Å². The number of nitrogens with one attached hydrogen (secondary N) is 2. The number of nitrogens with zero attached hydrogens (tertiary/aromatic N) is 1. The SMILES string of the molecule is CCNC(=NCCc1c(F)cccc1F)NC1CCCC(S(=O)CC)C1. The van der Waals surface area contributed by atoms with Gasteiger partial charge in [0.15, 0.2) is 5.96 Å². The second-order valence-corrected chi connectivity index (χ2v) is 8.52. The van der Waals surface area contributed by atoms with Gasteiger partial charge < -0.3 is 10.6 Å². The van der Waals surface area contributed by atoms with E-state index in [1.807, 2.05) is 13.8 Å². The zero-order chi connectivity index (χ0) is 18.9. The van der Waals surface area contributed by atoms with Crippen LogP contribution in [-0.2, 0) is 17.2 Å². The predicted molar refractivity (Wildman–Crippen MR) is 104 cm³/mol. The Bertz CT molecular complexity index is 619. The molecule has 1 aliphatic rings. The molecule has 1 aliphatic carbocycles. The van der Waals surface area contributed by atoms with Gasteiger partial charge in [-0.1, -0.05) is 19.4 Å². The smallest absolute Gasteiger partial charge is 0.191 e. The molecule has 0 aromatic heterocycles. The Morgan fingerprint density at radius 3 is 2.65 bits per heavy atom. The van der Waals surface area contributed by atoms with E-state index in [0.29, 0.717) is 24.8 Å². The second kappa shape index (κ2) is 10.6. The highest BCUT2D eigenvalue weighted by Crippen LogP contribution is 2.23. The third-order valence-electron chi connectivity index (χ3n) is 4.66. The number of rotatable bonds is 7. The molecule has 2 N–H and O–H groups in total. The fourth-order valence-electron chi connectivity index (χ4n) is 3.31. The topological polar surface area (TPSA) is 53.5 Å². The Morgan fingerprint density at radius 1 is 1.27 bits per heavy atom. The standard InChI is InChI=1S/C19H29F2N3OS/c1-3-22-19(23-12-11-16-17(20)9-6-10-18(16)21)24-14-7-5-8-15(13-14)26(25)4-2/h6,9-10,14-15H,3-5,7-8,11-13H2,1-2H3,(H2,22,23,24). The number of hydrogen-bond acceptors (Lipinski definition) is 2. The fraction of sp³-hybridized carbons (Fsp3) is 0.632. The molecule has 3 unspecified atom stereocenters. The van der Waals surface area contributed by atoms with E-state index in [2.05, 4.69) is 15.6 Å². The van der Waals surface area contributed by atoms with Crippen molar-refractivity contribution in [2.75, 3.05) is 18.8 Å².